The van der Waals surface area contributed by atoms with Crippen LogP contribution in [0, 0.1) is 11.8 Å². The van der Waals surface area contributed by atoms with Crippen LogP contribution in [0.1, 0.15) is 58.1 Å². The molecule has 31 heavy (non-hydrogen) atoms. The van der Waals surface area contributed by atoms with E-state index in [2.05, 4.69) is 66.9 Å². The van der Waals surface area contributed by atoms with E-state index >= 15 is 0 Å². The van der Waals surface area contributed by atoms with E-state index in [9.17, 15) is 4.79 Å². The minimum absolute atomic E-state index is 0.0659. The van der Waals surface area contributed by atoms with Gasteiger partial charge in [0.05, 0.1) is 5.92 Å². The van der Waals surface area contributed by atoms with Crippen LogP contribution in [-0.4, -0.2) is 22.5 Å². The highest BCUT2D eigenvalue weighted by Crippen LogP contribution is 2.38. The van der Waals surface area contributed by atoms with Gasteiger partial charge in [-0.2, -0.15) is 0 Å². The molecule has 0 aromatic heterocycles. The van der Waals surface area contributed by atoms with Crippen LogP contribution in [0.2, 0.25) is 0 Å². The van der Waals surface area contributed by atoms with E-state index in [1.165, 1.54) is 16.7 Å². The standard InChI is InChI=1S/C28H37NO2/c1-21(2)24-16-17-25(27(30)31-28(3,4)5)26(18-24)29(19-22-12-8-6-9-13-22)20-23-14-10-7-11-15-23/h6-15,24-26H,1,16-20H2,2-5H3/t24-,25-,26+/m0/s1. The molecule has 0 aliphatic heterocycles. The molecule has 1 fully saturated rings. The second-order valence-corrected chi connectivity index (χ2v) is 9.94. The Labute approximate surface area is 188 Å². The Morgan fingerprint density at radius 3 is 1.94 bits per heavy atom. The molecule has 3 atom stereocenters. The quantitative estimate of drug-likeness (QED) is 0.385. The van der Waals surface area contributed by atoms with E-state index in [0.717, 1.165) is 32.4 Å². The Bertz CT molecular complexity index is 812. The molecule has 0 saturated heterocycles. The fraction of sp³-hybridized carbons (Fsp3) is 0.464. The van der Waals surface area contributed by atoms with Crippen molar-refractivity contribution in [2.75, 3.05) is 0 Å². The molecule has 0 N–H and O–H groups in total. The molecular weight excluding hydrogens is 382 g/mol. The molecular formula is C28H37NO2. The molecule has 0 radical (unpaired) electrons. The minimum atomic E-state index is -0.476. The van der Waals surface area contributed by atoms with Crippen molar-refractivity contribution >= 4 is 5.97 Å². The monoisotopic (exact) mass is 419 g/mol. The second kappa shape index (κ2) is 10.3. The number of esters is 1. The predicted molar refractivity (Wildman–Crippen MR) is 127 cm³/mol. The van der Waals surface area contributed by atoms with Gasteiger partial charge in [0.25, 0.3) is 0 Å². The first-order valence-electron chi connectivity index (χ1n) is 11.4. The first-order chi connectivity index (χ1) is 14.7. The van der Waals surface area contributed by atoms with Gasteiger partial charge in [-0.25, -0.2) is 0 Å². The third-order valence-electron chi connectivity index (χ3n) is 6.15. The van der Waals surface area contributed by atoms with Crippen LogP contribution >= 0.6 is 0 Å². The van der Waals surface area contributed by atoms with Crippen molar-refractivity contribution in [1.82, 2.24) is 4.90 Å². The molecule has 1 aliphatic carbocycles. The molecule has 2 aromatic carbocycles. The zero-order valence-electron chi connectivity index (χ0n) is 19.5. The normalized spacial score (nSPS) is 21.6. The van der Waals surface area contributed by atoms with E-state index in [4.69, 9.17) is 4.74 Å². The van der Waals surface area contributed by atoms with E-state index in [1.807, 2.05) is 32.9 Å². The summed E-state index contributed by atoms with van der Waals surface area (Å²) in [4.78, 5) is 15.7. The Morgan fingerprint density at radius 2 is 1.48 bits per heavy atom. The zero-order chi connectivity index (χ0) is 22.4. The van der Waals surface area contributed by atoms with Crippen LogP contribution in [0.4, 0.5) is 0 Å². The van der Waals surface area contributed by atoms with Crippen LogP contribution in [0.25, 0.3) is 0 Å². The molecule has 166 valence electrons. The van der Waals surface area contributed by atoms with Crippen molar-refractivity contribution in [1.29, 1.82) is 0 Å². The number of ether oxygens (including phenoxy) is 1. The van der Waals surface area contributed by atoms with Crippen LogP contribution in [0.15, 0.2) is 72.8 Å². The average molecular weight is 420 g/mol. The van der Waals surface area contributed by atoms with Crippen molar-refractivity contribution in [2.45, 2.75) is 71.7 Å². The maximum atomic E-state index is 13.2. The van der Waals surface area contributed by atoms with Crippen molar-refractivity contribution < 1.29 is 9.53 Å². The summed E-state index contributed by atoms with van der Waals surface area (Å²) >= 11 is 0. The lowest BCUT2D eigenvalue weighted by atomic mass is 9.75. The molecule has 1 aliphatic rings. The Balaban J connectivity index is 1.92. The summed E-state index contributed by atoms with van der Waals surface area (Å²) in [7, 11) is 0. The van der Waals surface area contributed by atoms with Crippen molar-refractivity contribution in [2.24, 2.45) is 11.8 Å². The van der Waals surface area contributed by atoms with Gasteiger partial charge in [0, 0.05) is 19.1 Å². The summed E-state index contributed by atoms with van der Waals surface area (Å²) in [5.41, 5.74) is 3.26. The fourth-order valence-corrected chi connectivity index (χ4v) is 4.58. The fourth-order valence-electron chi connectivity index (χ4n) is 4.58. The highest BCUT2D eigenvalue weighted by molar-refractivity contribution is 5.74. The number of rotatable bonds is 7. The smallest absolute Gasteiger partial charge is 0.311 e. The first kappa shape index (κ1) is 23.3. The van der Waals surface area contributed by atoms with Crippen molar-refractivity contribution in [3.05, 3.63) is 83.9 Å². The molecule has 0 unspecified atom stereocenters. The number of hydrogen-bond donors (Lipinski definition) is 0. The summed E-state index contributed by atoms with van der Waals surface area (Å²) in [5, 5.41) is 0. The summed E-state index contributed by atoms with van der Waals surface area (Å²) < 4.78 is 5.87. The maximum absolute atomic E-state index is 13.2. The first-order valence-corrected chi connectivity index (χ1v) is 11.4. The van der Waals surface area contributed by atoms with E-state index < -0.39 is 5.60 Å². The Morgan fingerprint density at radius 1 is 0.968 bits per heavy atom. The summed E-state index contributed by atoms with van der Waals surface area (Å²) in [6.07, 6.45) is 2.79. The van der Waals surface area contributed by atoms with Gasteiger partial charge in [-0.05, 0) is 64.0 Å². The molecule has 3 rings (SSSR count). The van der Waals surface area contributed by atoms with Gasteiger partial charge in [0.15, 0.2) is 0 Å². The number of nitrogens with zero attached hydrogens (tertiary/aromatic N) is 1. The lowest BCUT2D eigenvalue weighted by Gasteiger charge is -2.43. The zero-order valence-corrected chi connectivity index (χ0v) is 19.5. The lowest BCUT2D eigenvalue weighted by Crippen LogP contribution is -2.48. The molecule has 0 heterocycles. The number of benzene rings is 2. The highest BCUT2D eigenvalue weighted by atomic mass is 16.6. The van der Waals surface area contributed by atoms with Crippen LogP contribution in [0.5, 0.6) is 0 Å². The van der Waals surface area contributed by atoms with Crippen LogP contribution in [-0.2, 0) is 22.6 Å². The van der Waals surface area contributed by atoms with Gasteiger partial charge in [-0.15, -0.1) is 0 Å². The minimum Gasteiger partial charge on any atom is -0.460 e. The maximum Gasteiger partial charge on any atom is 0.311 e. The van der Waals surface area contributed by atoms with E-state index in [1.54, 1.807) is 0 Å². The summed E-state index contributed by atoms with van der Waals surface area (Å²) in [5.74, 6) is 0.253. The van der Waals surface area contributed by atoms with E-state index in [0.29, 0.717) is 5.92 Å². The second-order valence-electron chi connectivity index (χ2n) is 9.94. The molecule has 0 spiro atoms. The van der Waals surface area contributed by atoms with Gasteiger partial charge >= 0.3 is 5.97 Å². The van der Waals surface area contributed by atoms with Crippen molar-refractivity contribution in [3.63, 3.8) is 0 Å². The SMILES string of the molecule is C=C(C)[C@H]1CC[C@H](C(=O)OC(C)(C)C)[C@H](N(Cc2ccccc2)Cc2ccccc2)C1. The molecule has 3 heteroatoms. The van der Waals surface area contributed by atoms with Gasteiger partial charge in [-0.1, -0.05) is 72.8 Å². The third kappa shape index (κ3) is 6.80. The molecule has 0 amide bonds. The van der Waals surface area contributed by atoms with Gasteiger partial charge in [0.1, 0.15) is 5.60 Å². The van der Waals surface area contributed by atoms with Crippen molar-refractivity contribution in [3.8, 4) is 0 Å². The summed E-state index contributed by atoms with van der Waals surface area (Å²) in [6.45, 7) is 13.8. The molecule has 2 aromatic rings. The molecule has 3 nitrogen and oxygen atoms in total. The van der Waals surface area contributed by atoms with E-state index in [-0.39, 0.29) is 17.9 Å². The number of carbonyl (C=O) groups excluding carboxylic acids is 1. The van der Waals surface area contributed by atoms with Gasteiger partial charge in [0.2, 0.25) is 0 Å². The summed E-state index contributed by atoms with van der Waals surface area (Å²) in [6, 6.07) is 21.2. The number of carbonyl (C=O) groups is 1. The topological polar surface area (TPSA) is 29.5 Å². The van der Waals surface area contributed by atoms with Crippen LogP contribution in [0.3, 0.4) is 0 Å². The highest BCUT2D eigenvalue weighted by Gasteiger charge is 2.40. The Kier molecular flexibility index (Phi) is 7.72. The molecule has 0 bridgehead atoms. The molecule has 1 saturated carbocycles. The number of hydrogen-bond acceptors (Lipinski definition) is 3. The lowest BCUT2D eigenvalue weighted by molar-refractivity contribution is -0.164. The number of allylic oxidation sites excluding steroid dienone is 1. The van der Waals surface area contributed by atoms with Crippen LogP contribution < -0.4 is 0 Å². The van der Waals surface area contributed by atoms with Gasteiger partial charge in [-0.3, -0.25) is 9.69 Å². The Hall–Kier alpha value is -2.39. The third-order valence-corrected chi connectivity index (χ3v) is 6.15. The average Bonchev–Trinajstić information content (AvgIpc) is 2.73. The largest absolute Gasteiger partial charge is 0.460 e. The van der Waals surface area contributed by atoms with Gasteiger partial charge < -0.3 is 4.74 Å². The predicted octanol–water partition coefficient (Wildman–Crippen LogP) is 6.39.